The Morgan fingerprint density at radius 3 is 2.69 bits per heavy atom. The van der Waals surface area contributed by atoms with Crippen molar-refractivity contribution >= 4 is 0 Å². The predicted molar refractivity (Wildman–Crippen MR) is 51.5 cm³/mol. The van der Waals surface area contributed by atoms with Gasteiger partial charge in [-0.15, -0.1) is 0 Å². The third-order valence-electron chi connectivity index (χ3n) is 2.22. The van der Waals surface area contributed by atoms with Crippen LogP contribution in [0.25, 0.3) is 0 Å². The summed E-state index contributed by atoms with van der Waals surface area (Å²) >= 11 is 0. The number of fused-ring (bicyclic) bond motifs is 1. The molecule has 0 amide bonds. The Morgan fingerprint density at radius 2 is 1.92 bits per heavy atom. The van der Waals surface area contributed by atoms with Crippen LogP contribution in [0.3, 0.4) is 0 Å². The fraction of sp³-hybridized carbons (Fsp3) is 0.455. The summed E-state index contributed by atoms with van der Waals surface area (Å²) < 4.78 is 11.1. The van der Waals surface area contributed by atoms with Crippen molar-refractivity contribution in [2.45, 2.75) is 19.8 Å². The van der Waals surface area contributed by atoms with Crippen LogP contribution in [0.5, 0.6) is 11.5 Å². The van der Waals surface area contributed by atoms with Gasteiger partial charge < -0.3 is 9.47 Å². The van der Waals surface area contributed by atoms with Crippen molar-refractivity contribution in [1.29, 1.82) is 0 Å². The highest BCUT2D eigenvalue weighted by atomic mass is 16.6. The van der Waals surface area contributed by atoms with Crippen LogP contribution in [-0.2, 0) is 0 Å². The third kappa shape index (κ3) is 1.48. The minimum Gasteiger partial charge on any atom is -0.486 e. The highest BCUT2D eigenvalue weighted by Crippen LogP contribution is 2.37. The van der Waals surface area contributed by atoms with E-state index < -0.39 is 0 Å². The molecule has 0 bridgehead atoms. The van der Waals surface area contributed by atoms with Crippen molar-refractivity contribution in [1.82, 2.24) is 0 Å². The molecule has 1 aromatic carbocycles. The minimum atomic E-state index is 0.483. The molecule has 0 unspecified atom stereocenters. The summed E-state index contributed by atoms with van der Waals surface area (Å²) in [6, 6.07) is 6.07. The van der Waals surface area contributed by atoms with Crippen LogP contribution in [0.1, 0.15) is 25.3 Å². The minimum absolute atomic E-state index is 0.483. The number of ether oxygens (including phenoxy) is 2. The Balaban J connectivity index is 2.46. The van der Waals surface area contributed by atoms with E-state index in [4.69, 9.17) is 9.47 Å². The fourth-order valence-electron chi connectivity index (χ4n) is 1.55. The molecule has 0 fully saturated rings. The molecule has 1 aliphatic rings. The lowest BCUT2D eigenvalue weighted by Gasteiger charge is -2.22. The molecule has 1 heterocycles. The molecular formula is C11H14O2. The first-order valence-electron chi connectivity index (χ1n) is 4.67. The quantitative estimate of drug-likeness (QED) is 0.658. The molecule has 0 saturated carbocycles. The Hall–Kier alpha value is -1.18. The van der Waals surface area contributed by atoms with E-state index in [-0.39, 0.29) is 0 Å². The van der Waals surface area contributed by atoms with Gasteiger partial charge in [-0.1, -0.05) is 26.0 Å². The van der Waals surface area contributed by atoms with Gasteiger partial charge in [-0.25, -0.2) is 0 Å². The predicted octanol–water partition coefficient (Wildman–Crippen LogP) is 2.58. The van der Waals surface area contributed by atoms with E-state index in [1.165, 1.54) is 5.56 Å². The molecule has 1 aromatic rings. The van der Waals surface area contributed by atoms with Gasteiger partial charge in [0.1, 0.15) is 13.2 Å². The third-order valence-corrected chi connectivity index (χ3v) is 2.22. The molecule has 70 valence electrons. The van der Waals surface area contributed by atoms with E-state index in [9.17, 15) is 0 Å². The molecule has 0 aromatic heterocycles. The van der Waals surface area contributed by atoms with Gasteiger partial charge in [0, 0.05) is 5.56 Å². The van der Waals surface area contributed by atoms with Gasteiger partial charge in [0.2, 0.25) is 0 Å². The van der Waals surface area contributed by atoms with Crippen LogP contribution in [0.2, 0.25) is 0 Å². The van der Waals surface area contributed by atoms with Crippen LogP contribution >= 0.6 is 0 Å². The molecule has 1 aliphatic heterocycles. The SMILES string of the molecule is CC(C)c1cccc2c1OCCO2. The highest BCUT2D eigenvalue weighted by molar-refractivity contribution is 5.48. The number of para-hydroxylation sites is 1. The Bertz CT molecular complexity index is 305. The summed E-state index contributed by atoms with van der Waals surface area (Å²) in [4.78, 5) is 0. The number of hydrogen-bond acceptors (Lipinski definition) is 2. The van der Waals surface area contributed by atoms with Crippen LogP contribution in [-0.4, -0.2) is 13.2 Å². The lowest BCUT2D eigenvalue weighted by molar-refractivity contribution is 0.169. The lowest BCUT2D eigenvalue weighted by atomic mass is 10.0. The van der Waals surface area contributed by atoms with Crippen LogP contribution in [0.4, 0.5) is 0 Å². The standard InChI is InChI=1S/C11H14O2/c1-8(2)9-4-3-5-10-11(9)13-7-6-12-10/h3-5,8H,6-7H2,1-2H3. The first-order valence-corrected chi connectivity index (χ1v) is 4.67. The largest absolute Gasteiger partial charge is 0.486 e. The van der Waals surface area contributed by atoms with Gasteiger partial charge in [-0.05, 0) is 12.0 Å². The van der Waals surface area contributed by atoms with E-state index in [2.05, 4.69) is 19.9 Å². The molecular weight excluding hydrogens is 164 g/mol. The summed E-state index contributed by atoms with van der Waals surface area (Å²) in [5.41, 5.74) is 1.23. The van der Waals surface area contributed by atoms with Crippen molar-refractivity contribution in [3.63, 3.8) is 0 Å². The maximum absolute atomic E-state index is 5.59. The van der Waals surface area contributed by atoms with E-state index in [1.807, 2.05) is 12.1 Å². The average molecular weight is 178 g/mol. The second-order valence-corrected chi connectivity index (χ2v) is 3.53. The molecule has 0 spiro atoms. The topological polar surface area (TPSA) is 18.5 Å². The molecule has 2 nitrogen and oxygen atoms in total. The van der Waals surface area contributed by atoms with E-state index >= 15 is 0 Å². The lowest BCUT2D eigenvalue weighted by Crippen LogP contribution is -2.16. The molecule has 2 rings (SSSR count). The zero-order chi connectivity index (χ0) is 9.26. The molecule has 0 aliphatic carbocycles. The van der Waals surface area contributed by atoms with Crippen molar-refractivity contribution in [2.24, 2.45) is 0 Å². The molecule has 0 atom stereocenters. The van der Waals surface area contributed by atoms with Gasteiger partial charge in [-0.3, -0.25) is 0 Å². The maximum atomic E-state index is 5.59. The van der Waals surface area contributed by atoms with Gasteiger partial charge in [0.15, 0.2) is 11.5 Å². The Labute approximate surface area is 78.5 Å². The zero-order valence-electron chi connectivity index (χ0n) is 8.04. The van der Waals surface area contributed by atoms with Crippen molar-refractivity contribution in [3.8, 4) is 11.5 Å². The fourth-order valence-corrected chi connectivity index (χ4v) is 1.55. The average Bonchev–Trinajstić information content (AvgIpc) is 2.17. The summed E-state index contributed by atoms with van der Waals surface area (Å²) in [6.07, 6.45) is 0. The van der Waals surface area contributed by atoms with Crippen molar-refractivity contribution in [2.75, 3.05) is 13.2 Å². The maximum Gasteiger partial charge on any atom is 0.164 e. The number of rotatable bonds is 1. The highest BCUT2D eigenvalue weighted by Gasteiger charge is 2.16. The van der Waals surface area contributed by atoms with Crippen LogP contribution in [0.15, 0.2) is 18.2 Å². The first kappa shape index (κ1) is 8.42. The van der Waals surface area contributed by atoms with Crippen molar-refractivity contribution in [3.05, 3.63) is 23.8 Å². The molecule has 13 heavy (non-hydrogen) atoms. The molecule has 0 radical (unpaired) electrons. The van der Waals surface area contributed by atoms with E-state index in [1.54, 1.807) is 0 Å². The van der Waals surface area contributed by atoms with E-state index in [0.29, 0.717) is 19.1 Å². The number of hydrogen-bond donors (Lipinski definition) is 0. The normalized spacial score (nSPS) is 14.7. The van der Waals surface area contributed by atoms with Gasteiger partial charge >= 0.3 is 0 Å². The smallest absolute Gasteiger partial charge is 0.164 e. The molecule has 2 heteroatoms. The first-order chi connectivity index (χ1) is 6.29. The Morgan fingerprint density at radius 1 is 1.15 bits per heavy atom. The zero-order valence-corrected chi connectivity index (χ0v) is 8.04. The molecule has 0 N–H and O–H groups in total. The van der Waals surface area contributed by atoms with Crippen LogP contribution in [0, 0.1) is 0 Å². The second kappa shape index (κ2) is 3.29. The number of benzene rings is 1. The summed E-state index contributed by atoms with van der Waals surface area (Å²) in [5.74, 6) is 2.30. The van der Waals surface area contributed by atoms with Gasteiger partial charge in [0.25, 0.3) is 0 Å². The summed E-state index contributed by atoms with van der Waals surface area (Å²) in [7, 11) is 0. The van der Waals surface area contributed by atoms with E-state index in [0.717, 1.165) is 11.5 Å². The second-order valence-electron chi connectivity index (χ2n) is 3.53. The summed E-state index contributed by atoms with van der Waals surface area (Å²) in [5, 5.41) is 0. The molecule has 0 saturated heterocycles. The summed E-state index contributed by atoms with van der Waals surface area (Å²) in [6.45, 7) is 5.65. The van der Waals surface area contributed by atoms with Crippen molar-refractivity contribution < 1.29 is 9.47 Å². The van der Waals surface area contributed by atoms with Gasteiger partial charge in [-0.2, -0.15) is 0 Å². The van der Waals surface area contributed by atoms with Crippen LogP contribution < -0.4 is 9.47 Å². The Kier molecular flexibility index (Phi) is 2.13. The monoisotopic (exact) mass is 178 g/mol. The van der Waals surface area contributed by atoms with Gasteiger partial charge in [0.05, 0.1) is 0 Å².